The van der Waals surface area contributed by atoms with Crippen molar-refractivity contribution in [2.45, 2.75) is 96.0 Å². The molecule has 0 radical (unpaired) electrons. The van der Waals surface area contributed by atoms with Gasteiger partial charge in [-0.2, -0.15) is 0 Å². The molecule has 0 amide bonds. The third-order valence-electron chi connectivity index (χ3n) is 18.1. The zero-order valence-corrected chi connectivity index (χ0v) is 43.5. The number of nitrogens with zero attached hydrogens (tertiary/aromatic N) is 2. The highest BCUT2D eigenvalue weighted by Gasteiger charge is 2.50. The molecule has 5 aromatic rings. The van der Waals surface area contributed by atoms with Crippen LogP contribution in [0, 0.1) is 29.6 Å². The lowest BCUT2D eigenvalue weighted by Crippen LogP contribution is -2.47. The number of hydrogen-bond donors (Lipinski definition) is 0. The molecule has 1 saturated carbocycles. The fraction of sp³-hybridized carbons (Fsp3) is 0.303. The zero-order valence-electron chi connectivity index (χ0n) is 40.5. The van der Waals surface area contributed by atoms with Crippen LogP contribution in [0.4, 0.5) is 5.69 Å². The molecule has 0 bridgehead atoms. The van der Waals surface area contributed by atoms with Crippen molar-refractivity contribution in [2.24, 2.45) is 29.6 Å². The first-order valence-corrected chi connectivity index (χ1v) is 29.0. The molecule has 7 aliphatic carbocycles. The van der Waals surface area contributed by atoms with Crippen molar-refractivity contribution in [3.8, 4) is 5.69 Å². The minimum atomic E-state index is 0.233. The van der Waals surface area contributed by atoms with E-state index in [-0.39, 0.29) is 6.10 Å². The van der Waals surface area contributed by atoms with Crippen molar-refractivity contribution in [2.75, 3.05) is 4.90 Å². The summed E-state index contributed by atoms with van der Waals surface area (Å²) in [6, 6.07) is 34.7. The molecule has 11 unspecified atom stereocenters. The van der Waals surface area contributed by atoms with Gasteiger partial charge in [0.1, 0.15) is 11.5 Å². The Morgan fingerprint density at radius 2 is 1.61 bits per heavy atom. The highest BCUT2D eigenvalue weighted by Crippen LogP contribution is 2.57. The number of thioether (sulfide) groups is 1. The van der Waals surface area contributed by atoms with Gasteiger partial charge in [0, 0.05) is 89.2 Å². The number of fused-ring (bicyclic) bond motifs is 12. The van der Waals surface area contributed by atoms with E-state index in [0.29, 0.717) is 56.8 Å². The fourth-order valence-electron chi connectivity index (χ4n) is 14.8. The topological polar surface area (TPSA) is 26.6 Å². The Kier molecular flexibility index (Phi) is 10.9. The summed E-state index contributed by atoms with van der Waals surface area (Å²) in [5.74, 6) is 5.22. The minimum absolute atomic E-state index is 0.233. The number of para-hydroxylation sites is 2. The highest BCUT2D eigenvalue weighted by atomic mass is 127. The summed E-state index contributed by atoms with van der Waals surface area (Å²) < 4.78 is 16.6. The number of aromatic nitrogens is 1. The van der Waals surface area contributed by atoms with Crippen molar-refractivity contribution in [1.29, 1.82) is 0 Å². The largest absolute Gasteiger partial charge is 0.464 e. The predicted molar refractivity (Wildman–Crippen MR) is 305 cm³/mol. The van der Waals surface area contributed by atoms with Crippen LogP contribution in [0.15, 0.2) is 221 Å². The molecule has 1 aromatic heterocycles. The van der Waals surface area contributed by atoms with Crippen molar-refractivity contribution in [3.63, 3.8) is 0 Å². The average Bonchev–Trinajstić information content (AvgIpc) is 4.21. The molecule has 4 aromatic carbocycles. The molecular weight excluding hydrogens is 1010 g/mol. The van der Waals surface area contributed by atoms with Gasteiger partial charge in [0.25, 0.3) is 0 Å². The summed E-state index contributed by atoms with van der Waals surface area (Å²) in [6.45, 7) is 0. The van der Waals surface area contributed by atoms with Crippen LogP contribution in [0.2, 0.25) is 0 Å². The third-order valence-corrected chi connectivity index (χ3v) is 20.9. The summed E-state index contributed by atoms with van der Waals surface area (Å²) >= 11 is 4.95. The maximum atomic E-state index is 6.93. The van der Waals surface area contributed by atoms with Gasteiger partial charge in [-0.3, -0.25) is 0 Å². The molecule has 0 N–H and O–H groups in total. The van der Waals surface area contributed by atoms with Gasteiger partial charge in [-0.05, 0) is 128 Å². The normalized spacial score (nSPS) is 31.7. The number of allylic oxidation sites excluding steroid dienone is 17. The van der Waals surface area contributed by atoms with Crippen LogP contribution in [0.25, 0.3) is 33.1 Å². The van der Waals surface area contributed by atoms with E-state index < -0.39 is 0 Å². The maximum absolute atomic E-state index is 6.93. The van der Waals surface area contributed by atoms with Gasteiger partial charge in [-0.15, -0.1) is 11.8 Å². The summed E-state index contributed by atoms with van der Waals surface area (Å²) in [7, 11) is 0. The first-order chi connectivity index (χ1) is 35.6. The van der Waals surface area contributed by atoms with Gasteiger partial charge in [-0.1, -0.05) is 162 Å². The third kappa shape index (κ3) is 7.08. The van der Waals surface area contributed by atoms with Crippen LogP contribution in [0.3, 0.4) is 0 Å². The van der Waals surface area contributed by atoms with E-state index in [9.17, 15) is 0 Å². The SMILES string of the molecule is IC1CC(C2C=CCC3C4C=CC=CC4OC23)CCC1N(C1=CC=C(C2=CC=CC3c4ccc5c(c4SC23)c2ccccc2n5-c2ccccc2)CC1)c1ccc(C2=C3OC4=C(C=CCC4)C3CC=C2)cc1. The maximum Gasteiger partial charge on any atom is 0.119 e. The van der Waals surface area contributed by atoms with Gasteiger partial charge >= 0.3 is 0 Å². The van der Waals surface area contributed by atoms with Crippen molar-refractivity contribution in [3.05, 3.63) is 227 Å². The minimum Gasteiger partial charge on any atom is -0.464 e. The van der Waals surface area contributed by atoms with E-state index in [1.54, 1.807) is 0 Å². The number of benzene rings is 4. The lowest BCUT2D eigenvalue weighted by molar-refractivity contribution is 0.00214. The Balaban J connectivity index is 0.746. The number of ether oxygens (including phenoxy) is 2. The van der Waals surface area contributed by atoms with E-state index >= 15 is 0 Å². The second-order valence-corrected chi connectivity index (χ2v) is 24.5. The van der Waals surface area contributed by atoms with Gasteiger partial charge < -0.3 is 18.9 Å². The molecule has 11 atom stereocenters. The number of rotatable bonds is 7. The molecule has 2 fully saturated rings. The molecule has 4 nitrogen and oxygen atoms in total. The van der Waals surface area contributed by atoms with Crippen LogP contribution in [-0.4, -0.2) is 32.0 Å². The number of anilines is 1. The summed E-state index contributed by atoms with van der Waals surface area (Å²) in [5.41, 5.74) is 14.9. The fourth-order valence-corrected chi connectivity index (χ4v) is 17.8. The Labute approximate surface area is 441 Å². The number of halogens is 1. The second-order valence-electron chi connectivity index (χ2n) is 21.8. The summed E-state index contributed by atoms with van der Waals surface area (Å²) in [5, 5.41) is 3.08. The molecule has 6 heteroatoms. The Morgan fingerprint density at radius 1 is 0.722 bits per heavy atom. The number of alkyl halides is 1. The molecule has 0 spiro atoms. The average molecular weight is 1070 g/mol. The van der Waals surface area contributed by atoms with Gasteiger partial charge in [-0.25, -0.2) is 0 Å². The van der Waals surface area contributed by atoms with Crippen molar-refractivity contribution < 1.29 is 9.47 Å². The van der Waals surface area contributed by atoms with Gasteiger partial charge in [0.2, 0.25) is 0 Å². The number of hydrogen-bond acceptors (Lipinski definition) is 4. The molecule has 72 heavy (non-hydrogen) atoms. The van der Waals surface area contributed by atoms with Gasteiger partial charge in [0.05, 0.1) is 23.2 Å². The van der Waals surface area contributed by atoms with Crippen molar-refractivity contribution >= 4 is 67.4 Å². The lowest BCUT2D eigenvalue weighted by Gasteiger charge is -2.46. The molecule has 15 rings (SSSR count). The quantitative estimate of drug-likeness (QED) is 0.0922. The molecule has 3 aliphatic heterocycles. The van der Waals surface area contributed by atoms with E-state index in [4.69, 9.17) is 9.47 Å². The Bertz CT molecular complexity index is 3410. The van der Waals surface area contributed by atoms with E-state index in [1.165, 1.54) is 102 Å². The second kappa shape index (κ2) is 17.8. The molecule has 1 saturated heterocycles. The smallest absolute Gasteiger partial charge is 0.119 e. The molecular formula is C66H59IN2O2S. The van der Waals surface area contributed by atoms with E-state index in [2.05, 4.69) is 226 Å². The van der Waals surface area contributed by atoms with Crippen LogP contribution < -0.4 is 4.90 Å². The lowest BCUT2D eigenvalue weighted by atomic mass is 9.68. The Morgan fingerprint density at radius 3 is 2.50 bits per heavy atom. The van der Waals surface area contributed by atoms with Gasteiger partial charge in [0.15, 0.2) is 0 Å². The van der Waals surface area contributed by atoms with Crippen molar-refractivity contribution in [1.82, 2.24) is 4.57 Å². The standard InChI is InChI=1S/C66H59IN2O2S/c67-56-39-42(47-19-11-22-52-50-16-6-9-26-61(50)71-64(47)52)31-37-58(56)68(44-32-27-40(28-33-44)46-18-10-21-51-49-15-5-8-25-60(49)70-63(46)51)45-34-29-41(30-35-45)48-20-12-23-53-54-36-38-59-62(66(54)72-65(48)53)55-17-4-7-24-57(55)69(59)43-13-2-1-3-14-43/h1-7,9-20,23-24,26-29,32-34,36,38,42,47,50-53,56,58,61,64-65H,8,21-22,25,30-31,35,37,39H2. The first kappa shape index (κ1) is 44.0. The first-order valence-electron chi connectivity index (χ1n) is 26.9. The van der Waals surface area contributed by atoms with Crippen LogP contribution in [0.1, 0.15) is 74.8 Å². The van der Waals surface area contributed by atoms with Crippen LogP contribution in [0.5, 0.6) is 0 Å². The summed E-state index contributed by atoms with van der Waals surface area (Å²) in [6.07, 6.45) is 46.2. The molecule has 358 valence electrons. The van der Waals surface area contributed by atoms with E-state index in [0.717, 1.165) is 44.3 Å². The monoisotopic (exact) mass is 1070 g/mol. The van der Waals surface area contributed by atoms with Crippen LogP contribution >= 0.6 is 34.4 Å². The van der Waals surface area contributed by atoms with E-state index in [1.807, 2.05) is 0 Å². The molecule has 10 aliphatic rings. The predicted octanol–water partition coefficient (Wildman–Crippen LogP) is 16.5. The molecule has 4 heterocycles. The summed E-state index contributed by atoms with van der Waals surface area (Å²) in [4.78, 5) is 4.23. The zero-order chi connectivity index (χ0) is 47.4. The Hall–Kier alpha value is -5.54. The highest BCUT2D eigenvalue weighted by molar-refractivity contribution is 14.1. The van der Waals surface area contributed by atoms with Crippen LogP contribution in [-0.2, 0) is 9.47 Å².